The fourth-order valence-corrected chi connectivity index (χ4v) is 2.84. The number of rotatable bonds is 8. The smallest absolute Gasteiger partial charge is 0.171 e. The summed E-state index contributed by atoms with van der Waals surface area (Å²) in [5.41, 5.74) is 0. The van der Waals surface area contributed by atoms with Gasteiger partial charge in [0.1, 0.15) is 0 Å². The molecular weight excluding hydrogens is 262 g/mol. The predicted molar refractivity (Wildman–Crippen MR) is 88.2 cm³/mol. The second kappa shape index (κ2) is 8.88. The molecule has 2 heterocycles. The summed E-state index contributed by atoms with van der Waals surface area (Å²) in [4.78, 5) is 6.97. The van der Waals surface area contributed by atoms with Crippen LogP contribution in [0.3, 0.4) is 0 Å². The molecule has 1 aliphatic rings. The predicted octanol–water partition coefficient (Wildman–Crippen LogP) is 3.23. The van der Waals surface area contributed by atoms with E-state index in [2.05, 4.69) is 29.0 Å². The van der Waals surface area contributed by atoms with Crippen LogP contribution in [-0.2, 0) is 0 Å². The second-order valence-electron chi connectivity index (χ2n) is 5.77. The number of nitrogens with zero attached hydrogens (tertiary/aromatic N) is 2. The van der Waals surface area contributed by atoms with Crippen molar-refractivity contribution >= 4 is 5.82 Å². The van der Waals surface area contributed by atoms with Gasteiger partial charge in [-0.1, -0.05) is 20.3 Å². The van der Waals surface area contributed by atoms with E-state index in [1.54, 1.807) is 0 Å². The van der Waals surface area contributed by atoms with Gasteiger partial charge >= 0.3 is 0 Å². The van der Waals surface area contributed by atoms with E-state index in [-0.39, 0.29) is 0 Å². The van der Waals surface area contributed by atoms with Crippen LogP contribution >= 0.6 is 0 Å². The largest absolute Gasteiger partial charge is 0.490 e. The summed E-state index contributed by atoms with van der Waals surface area (Å²) in [6, 6.07) is 4.57. The van der Waals surface area contributed by atoms with E-state index in [4.69, 9.17) is 4.74 Å². The Bertz CT molecular complexity index is 405. The maximum Gasteiger partial charge on any atom is 0.171 e. The Hall–Kier alpha value is -1.29. The van der Waals surface area contributed by atoms with Crippen molar-refractivity contribution in [3.8, 4) is 5.75 Å². The Morgan fingerprint density at radius 3 is 2.95 bits per heavy atom. The molecule has 0 saturated carbocycles. The van der Waals surface area contributed by atoms with Crippen LogP contribution in [0.2, 0.25) is 0 Å². The quantitative estimate of drug-likeness (QED) is 0.798. The van der Waals surface area contributed by atoms with Gasteiger partial charge in [0.25, 0.3) is 0 Å². The molecule has 21 heavy (non-hydrogen) atoms. The lowest BCUT2D eigenvalue weighted by Crippen LogP contribution is -2.44. The molecule has 1 N–H and O–H groups in total. The number of hydrogen-bond acceptors (Lipinski definition) is 4. The maximum absolute atomic E-state index is 5.88. The first-order chi connectivity index (χ1) is 10.3. The van der Waals surface area contributed by atoms with Gasteiger partial charge < -0.3 is 15.0 Å². The van der Waals surface area contributed by atoms with Gasteiger partial charge in [-0.2, -0.15) is 0 Å². The van der Waals surface area contributed by atoms with E-state index in [1.165, 1.54) is 19.3 Å². The molecule has 0 amide bonds. The number of pyridine rings is 1. The highest BCUT2D eigenvalue weighted by molar-refractivity contribution is 5.52. The minimum absolute atomic E-state index is 0.575. The summed E-state index contributed by atoms with van der Waals surface area (Å²) in [5, 5.41) is 3.63. The molecule has 1 aromatic rings. The summed E-state index contributed by atoms with van der Waals surface area (Å²) in [5.74, 6) is 1.92. The molecule has 0 aliphatic carbocycles. The van der Waals surface area contributed by atoms with Crippen molar-refractivity contribution in [2.75, 3.05) is 31.1 Å². The van der Waals surface area contributed by atoms with Gasteiger partial charge in [-0.05, 0) is 44.4 Å². The number of anilines is 1. The maximum atomic E-state index is 5.88. The number of nitrogens with one attached hydrogen (secondary N) is 1. The monoisotopic (exact) mass is 291 g/mol. The zero-order valence-corrected chi connectivity index (χ0v) is 13.5. The molecule has 2 rings (SSSR count). The summed E-state index contributed by atoms with van der Waals surface area (Å²) >= 11 is 0. The fraction of sp³-hybridized carbons (Fsp3) is 0.706. The van der Waals surface area contributed by atoms with Gasteiger partial charge in [0, 0.05) is 25.3 Å². The Balaban J connectivity index is 2.08. The van der Waals surface area contributed by atoms with Crippen LogP contribution in [0, 0.1) is 0 Å². The van der Waals surface area contributed by atoms with Crippen molar-refractivity contribution in [2.45, 2.75) is 52.0 Å². The molecule has 0 bridgehead atoms. The van der Waals surface area contributed by atoms with Crippen molar-refractivity contribution in [2.24, 2.45) is 0 Å². The molecular formula is C17H29N3O. The van der Waals surface area contributed by atoms with E-state index < -0.39 is 0 Å². The summed E-state index contributed by atoms with van der Waals surface area (Å²) in [7, 11) is 0. The van der Waals surface area contributed by atoms with Crippen molar-refractivity contribution < 1.29 is 4.74 Å². The second-order valence-corrected chi connectivity index (χ2v) is 5.77. The van der Waals surface area contributed by atoms with Crippen LogP contribution in [-0.4, -0.2) is 37.3 Å². The minimum Gasteiger partial charge on any atom is -0.490 e. The van der Waals surface area contributed by atoms with Crippen LogP contribution in [0.5, 0.6) is 5.75 Å². The van der Waals surface area contributed by atoms with E-state index in [0.717, 1.165) is 50.7 Å². The third-order valence-electron chi connectivity index (χ3n) is 3.86. The Labute approximate surface area is 128 Å². The molecule has 0 radical (unpaired) electrons. The molecule has 1 unspecified atom stereocenters. The summed E-state index contributed by atoms with van der Waals surface area (Å²) < 4.78 is 5.88. The highest BCUT2D eigenvalue weighted by Gasteiger charge is 2.19. The van der Waals surface area contributed by atoms with Crippen molar-refractivity contribution in [1.29, 1.82) is 0 Å². The van der Waals surface area contributed by atoms with Gasteiger partial charge in [-0.25, -0.2) is 4.98 Å². The van der Waals surface area contributed by atoms with Crippen LogP contribution < -0.4 is 15.0 Å². The van der Waals surface area contributed by atoms with Crippen molar-refractivity contribution in [1.82, 2.24) is 10.3 Å². The highest BCUT2D eigenvalue weighted by Crippen LogP contribution is 2.26. The third kappa shape index (κ3) is 4.88. The van der Waals surface area contributed by atoms with Gasteiger partial charge in [0.2, 0.25) is 0 Å². The van der Waals surface area contributed by atoms with Gasteiger partial charge in [0.15, 0.2) is 11.6 Å². The molecule has 1 saturated heterocycles. The highest BCUT2D eigenvalue weighted by atomic mass is 16.5. The first-order valence-corrected chi connectivity index (χ1v) is 8.41. The SMILES string of the molecule is CCCOc1cccnc1N(CCC)CC1CCCCN1. The van der Waals surface area contributed by atoms with Crippen molar-refractivity contribution in [3.05, 3.63) is 18.3 Å². The molecule has 118 valence electrons. The zero-order valence-electron chi connectivity index (χ0n) is 13.5. The molecule has 4 nitrogen and oxygen atoms in total. The van der Waals surface area contributed by atoms with Crippen LogP contribution in [0.1, 0.15) is 46.0 Å². The van der Waals surface area contributed by atoms with Crippen LogP contribution in [0.25, 0.3) is 0 Å². The number of aromatic nitrogens is 1. The lowest BCUT2D eigenvalue weighted by Gasteiger charge is -2.32. The van der Waals surface area contributed by atoms with E-state index in [0.29, 0.717) is 6.04 Å². The molecule has 0 aromatic carbocycles. The van der Waals surface area contributed by atoms with E-state index >= 15 is 0 Å². The van der Waals surface area contributed by atoms with Crippen LogP contribution in [0.15, 0.2) is 18.3 Å². The average Bonchev–Trinajstić information content (AvgIpc) is 2.54. The topological polar surface area (TPSA) is 37.4 Å². The normalized spacial score (nSPS) is 18.5. The lowest BCUT2D eigenvalue weighted by molar-refractivity contribution is 0.315. The standard InChI is InChI=1S/C17H29N3O/c1-3-12-20(14-15-8-5-6-10-18-15)17-16(21-13-4-2)9-7-11-19-17/h7,9,11,15,18H,3-6,8,10,12-14H2,1-2H3. The third-order valence-corrected chi connectivity index (χ3v) is 3.86. The fourth-order valence-electron chi connectivity index (χ4n) is 2.84. The molecule has 1 aromatic heterocycles. The minimum atomic E-state index is 0.575. The Kier molecular flexibility index (Phi) is 6.80. The molecule has 1 fully saturated rings. The van der Waals surface area contributed by atoms with Gasteiger partial charge in [0.05, 0.1) is 6.61 Å². The number of ether oxygens (including phenoxy) is 1. The number of piperidine rings is 1. The molecule has 1 atom stereocenters. The van der Waals surface area contributed by atoms with E-state index in [1.807, 2.05) is 18.3 Å². The lowest BCUT2D eigenvalue weighted by atomic mass is 10.0. The van der Waals surface area contributed by atoms with Gasteiger partial charge in [-0.15, -0.1) is 0 Å². The van der Waals surface area contributed by atoms with E-state index in [9.17, 15) is 0 Å². The first kappa shape index (κ1) is 16.1. The summed E-state index contributed by atoms with van der Waals surface area (Å²) in [6.07, 6.45) is 7.91. The first-order valence-electron chi connectivity index (χ1n) is 8.41. The van der Waals surface area contributed by atoms with Gasteiger partial charge in [-0.3, -0.25) is 0 Å². The Morgan fingerprint density at radius 2 is 2.24 bits per heavy atom. The molecule has 0 spiro atoms. The average molecular weight is 291 g/mol. The Morgan fingerprint density at radius 1 is 1.33 bits per heavy atom. The summed E-state index contributed by atoms with van der Waals surface area (Å²) in [6.45, 7) is 8.29. The number of hydrogen-bond donors (Lipinski definition) is 1. The van der Waals surface area contributed by atoms with Crippen LogP contribution in [0.4, 0.5) is 5.82 Å². The molecule has 1 aliphatic heterocycles. The zero-order chi connectivity index (χ0) is 14.9. The van der Waals surface area contributed by atoms with Crippen molar-refractivity contribution in [3.63, 3.8) is 0 Å². The molecule has 4 heteroatoms.